The summed E-state index contributed by atoms with van der Waals surface area (Å²) in [5, 5.41) is 3.31. The van der Waals surface area contributed by atoms with E-state index in [-0.39, 0.29) is 0 Å². The van der Waals surface area contributed by atoms with Gasteiger partial charge < -0.3 is 18.6 Å². The van der Waals surface area contributed by atoms with Crippen molar-refractivity contribution in [3.8, 4) is 22.3 Å². The minimum atomic E-state index is -0.720. The molecule has 4 heteroatoms. The van der Waals surface area contributed by atoms with Gasteiger partial charge in [0.2, 0.25) is 0 Å². The van der Waals surface area contributed by atoms with Crippen LogP contribution in [-0.4, -0.2) is 0 Å². The lowest BCUT2D eigenvalue weighted by molar-refractivity contribution is 0.507. The van der Waals surface area contributed by atoms with Crippen LogP contribution in [0.3, 0.4) is 0 Å². The molecule has 11 aromatic rings. The molecule has 2 aromatic heterocycles. The third-order valence-corrected chi connectivity index (χ3v) is 12.8. The van der Waals surface area contributed by atoms with Gasteiger partial charge in [-0.2, -0.15) is 0 Å². The molecule has 0 bridgehead atoms. The van der Waals surface area contributed by atoms with E-state index in [1.165, 1.54) is 33.4 Å². The van der Waals surface area contributed by atoms with E-state index in [1.807, 2.05) is 6.07 Å². The third kappa shape index (κ3) is 4.76. The van der Waals surface area contributed by atoms with Gasteiger partial charge in [0.25, 0.3) is 0 Å². The van der Waals surface area contributed by atoms with Gasteiger partial charge in [-0.25, -0.2) is 0 Å². The molecular formula is C57H36N2O2. The van der Waals surface area contributed by atoms with Gasteiger partial charge in [-0.1, -0.05) is 140 Å². The van der Waals surface area contributed by atoms with Crippen molar-refractivity contribution in [1.82, 2.24) is 0 Å². The Kier molecular flexibility index (Phi) is 7.19. The van der Waals surface area contributed by atoms with Crippen molar-refractivity contribution in [3.63, 3.8) is 0 Å². The van der Waals surface area contributed by atoms with Crippen LogP contribution in [0.5, 0.6) is 0 Å². The first-order valence-corrected chi connectivity index (χ1v) is 20.8. The number of para-hydroxylation sites is 6. The summed E-state index contributed by atoms with van der Waals surface area (Å²) in [4.78, 5) is 4.69. The lowest BCUT2D eigenvalue weighted by Gasteiger charge is -2.31. The quantitative estimate of drug-likeness (QED) is 0.168. The van der Waals surface area contributed by atoms with Crippen molar-refractivity contribution in [2.45, 2.75) is 5.41 Å². The maximum Gasteiger partial charge on any atom is 0.159 e. The molecule has 1 atom stereocenters. The van der Waals surface area contributed by atoms with Crippen LogP contribution < -0.4 is 9.80 Å². The molecule has 0 N–H and O–H groups in total. The predicted octanol–water partition coefficient (Wildman–Crippen LogP) is 15.6. The maximum atomic E-state index is 7.23. The highest BCUT2D eigenvalue weighted by Gasteiger charge is 2.55. The molecule has 0 amide bonds. The van der Waals surface area contributed by atoms with Crippen molar-refractivity contribution in [2.75, 3.05) is 9.80 Å². The molecular weight excluding hydrogens is 745 g/mol. The van der Waals surface area contributed by atoms with Crippen LogP contribution in [0.1, 0.15) is 22.5 Å². The molecule has 1 spiro atoms. The molecule has 0 saturated carbocycles. The number of hydrogen-bond donors (Lipinski definition) is 0. The molecule has 286 valence electrons. The number of hydrogen-bond acceptors (Lipinski definition) is 4. The molecule has 0 radical (unpaired) electrons. The topological polar surface area (TPSA) is 32.8 Å². The predicted molar refractivity (Wildman–Crippen MR) is 249 cm³/mol. The number of fused-ring (bicyclic) bond motifs is 15. The van der Waals surface area contributed by atoms with Gasteiger partial charge in [-0.05, 0) is 112 Å². The minimum absolute atomic E-state index is 0.720. The Morgan fingerprint density at radius 3 is 1.61 bits per heavy atom. The Labute approximate surface area is 352 Å². The van der Waals surface area contributed by atoms with Gasteiger partial charge in [-0.3, -0.25) is 0 Å². The number of benzene rings is 9. The Bertz CT molecular complexity index is 3460. The largest absolute Gasteiger partial charge is 0.459 e. The van der Waals surface area contributed by atoms with Gasteiger partial charge in [0, 0.05) is 50.2 Å². The lowest BCUT2D eigenvalue weighted by atomic mass is 9.73. The summed E-state index contributed by atoms with van der Waals surface area (Å²) in [5.74, 6) is 0.959. The zero-order chi connectivity index (χ0) is 40.1. The molecule has 4 nitrogen and oxygen atoms in total. The molecule has 2 aliphatic rings. The first kappa shape index (κ1) is 33.8. The van der Waals surface area contributed by atoms with Crippen molar-refractivity contribution < 1.29 is 8.83 Å². The zero-order valence-electron chi connectivity index (χ0n) is 33.0. The first-order valence-electron chi connectivity index (χ1n) is 20.8. The molecule has 0 fully saturated rings. The summed E-state index contributed by atoms with van der Waals surface area (Å²) in [5.41, 5.74) is 16.6. The van der Waals surface area contributed by atoms with Gasteiger partial charge in [0.05, 0.1) is 5.69 Å². The monoisotopic (exact) mass is 780 g/mol. The Morgan fingerprint density at radius 2 is 0.869 bits per heavy atom. The zero-order valence-corrected chi connectivity index (χ0v) is 33.0. The second-order valence-corrected chi connectivity index (χ2v) is 16.0. The number of rotatable bonds is 6. The number of anilines is 6. The third-order valence-electron chi connectivity index (χ3n) is 12.8. The minimum Gasteiger partial charge on any atom is -0.459 e. The maximum absolute atomic E-state index is 7.23. The Balaban J connectivity index is 1.09. The van der Waals surface area contributed by atoms with Gasteiger partial charge in [-0.15, -0.1) is 0 Å². The Hall–Kier alpha value is -8.08. The van der Waals surface area contributed by atoms with Crippen LogP contribution in [0.2, 0.25) is 0 Å². The fourth-order valence-electron chi connectivity index (χ4n) is 10.4. The first-order chi connectivity index (χ1) is 30.3. The van der Waals surface area contributed by atoms with Crippen LogP contribution in [0.4, 0.5) is 34.1 Å². The van der Waals surface area contributed by atoms with E-state index in [4.69, 9.17) is 8.83 Å². The summed E-state index contributed by atoms with van der Waals surface area (Å²) in [6.45, 7) is 0. The second-order valence-electron chi connectivity index (χ2n) is 16.0. The summed E-state index contributed by atoms with van der Waals surface area (Å²) in [7, 11) is 0. The molecule has 61 heavy (non-hydrogen) atoms. The smallest absolute Gasteiger partial charge is 0.159 e. The summed E-state index contributed by atoms with van der Waals surface area (Å²) in [6.07, 6.45) is 0. The fourth-order valence-corrected chi connectivity index (χ4v) is 10.4. The number of nitrogens with zero attached hydrogens (tertiary/aromatic N) is 2. The highest BCUT2D eigenvalue weighted by Crippen LogP contribution is 2.65. The van der Waals surface area contributed by atoms with E-state index in [1.54, 1.807) is 0 Å². The van der Waals surface area contributed by atoms with Crippen LogP contribution in [0.15, 0.2) is 227 Å². The van der Waals surface area contributed by atoms with Gasteiger partial charge in [0.1, 0.15) is 22.3 Å². The van der Waals surface area contributed by atoms with Gasteiger partial charge >= 0.3 is 0 Å². The van der Waals surface area contributed by atoms with E-state index in [2.05, 4.69) is 222 Å². The average Bonchev–Trinajstić information content (AvgIpc) is 4.05. The van der Waals surface area contributed by atoms with Crippen molar-refractivity contribution >= 4 is 67.0 Å². The molecule has 0 saturated heterocycles. The van der Waals surface area contributed by atoms with E-state index in [9.17, 15) is 0 Å². The number of furan rings is 2. The molecule has 13 rings (SSSR count). The molecule has 1 unspecified atom stereocenters. The van der Waals surface area contributed by atoms with E-state index < -0.39 is 5.41 Å². The van der Waals surface area contributed by atoms with Crippen LogP contribution >= 0.6 is 0 Å². The summed E-state index contributed by atoms with van der Waals surface area (Å²) < 4.78 is 13.9. The van der Waals surface area contributed by atoms with Crippen LogP contribution in [0.25, 0.3) is 55.2 Å². The van der Waals surface area contributed by atoms with E-state index >= 15 is 0 Å². The molecule has 0 aliphatic heterocycles. The Morgan fingerprint density at radius 1 is 0.328 bits per heavy atom. The van der Waals surface area contributed by atoms with Crippen LogP contribution in [0, 0.1) is 0 Å². The second kappa shape index (κ2) is 13.0. The highest BCUT2D eigenvalue weighted by molar-refractivity contribution is 6.11. The van der Waals surface area contributed by atoms with E-state index in [0.29, 0.717) is 0 Å². The lowest BCUT2D eigenvalue weighted by Crippen LogP contribution is -2.26. The molecule has 9 aromatic carbocycles. The summed E-state index contributed by atoms with van der Waals surface area (Å²) in [6, 6.07) is 78.1. The van der Waals surface area contributed by atoms with Crippen LogP contribution in [-0.2, 0) is 5.41 Å². The van der Waals surface area contributed by atoms with Crippen molar-refractivity contribution in [3.05, 3.63) is 241 Å². The van der Waals surface area contributed by atoms with Crippen molar-refractivity contribution in [2.24, 2.45) is 0 Å². The standard InChI is InChI=1S/C57H36N2O2/c1-4-17-37(18-5-1)58(38-19-6-2-7-20-38)40-32-34-49-47(35-40)54-46-25-12-15-30-53(46)61-56(54)57(49)48-27-13-10-23-42(48)43-33-31-41(36-50(43)57)59(39-21-8-3-9-22-39)51-28-16-26-45-44-24-11-14-29-52(44)60-55(45)51/h1-36H. The average molecular weight is 781 g/mol. The van der Waals surface area contributed by atoms with Crippen molar-refractivity contribution in [1.29, 1.82) is 0 Å². The van der Waals surface area contributed by atoms with E-state index in [0.717, 1.165) is 78.4 Å². The highest BCUT2D eigenvalue weighted by atomic mass is 16.3. The SMILES string of the molecule is c1ccc(N(c2ccccc2)c2ccc3c(c2)-c2c(oc4ccccc24)C32c3ccccc3-c3ccc(N(c4ccccc4)c4cccc5c4oc4ccccc45)cc32)cc1. The summed E-state index contributed by atoms with van der Waals surface area (Å²) >= 11 is 0. The van der Waals surface area contributed by atoms with Gasteiger partial charge in [0.15, 0.2) is 5.58 Å². The normalized spacial score (nSPS) is 14.6. The molecule has 2 aliphatic carbocycles. The molecule has 2 heterocycles. The fraction of sp³-hybridized carbons (Fsp3) is 0.0175.